The van der Waals surface area contributed by atoms with Crippen LogP contribution >= 0.6 is 11.3 Å². The second kappa shape index (κ2) is 8.40. The van der Waals surface area contributed by atoms with E-state index in [2.05, 4.69) is 0 Å². The third-order valence-electron chi connectivity index (χ3n) is 5.35. The molecule has 0 bridgehead atoms. The van der Waals surface area contributed by atoms with E-state index in [1.54, 1.807) is 0 Å². The molecule has 0 amide bonds. The number of anilines is 1. The van der Waals surface area contributed by atoms with E-state index in [0.717, 1.165) is 28.6 Å². The van der Waals surface area contributed by atoms with Gasteiger partial charge < -0.3 is 10.0 Å². The predicted octanol–water partition coefficient (Wildman–Crippen LogP) is 4.58. The number of thiophene rings is 1. The number of hydrogen-bond donors (Lipinski definition) is 1. The zero-order valence-corrected chi connectivity index (χ0v) is 18.8. The molecule has 184 valence electrons. The highest BCUT2D eigenvalue weighted by Gasteiger charge is 2.52. The van der Waals surface area contributed by atoms with Crippen molar-refractivity contribution in [2.45, 2.75) is 42.1 Å². The van der Waals surface area contributed by atoms with Crippen LogP contribution in [0.3, 0.4) is 0 Å². The maximum Gasteiger partial charge on any atom is 0.421 e. The number of nitrogens with zero attached hydrogens (tertiary/aromatic N) is 2. The molecule has 1 saturated heterocycles. The largest absolute Gasteiger partial charge is 0.421 e. The van der Waals surface area contributed by atoms with E-state index in [1.165, 1.54) is 11.8 Å². The fourth-order valence-electron chi connectivity index (χ4n) is 3.50. The van der Waals surface area contributed by atoms with Crippen molar-refractivity contribution in [2.24, 2.45) is 0 Å². The summed E-state index contributed by atoms with van der Waals surface area (Å²) in [6.07, 6.45) is -9.85. The Hall–Kier alpha value is -1.90. The second-order valence-electron chi connectivity index (χ2n) is 7.76. The first-order valence-electron chi connectivity index (χ1n) is 9.49. The molecule has 1 aromatic carbocycles. The summed E-state index contributed by atoms with van der Waals surface area (Å²) in [5, 5.41) is 9.79. The minimum absolute atomic E-state index is 0.156. The quantitative estimate of drug-likeness (QED) is 0.600. The van der Waals surface area contributed by atoms with E-state index in [0.29, 0.717) is 13.0 Å². The third-order valence-corrected chi connectivity index (χ3v) is 9.12. The Morgan fingerprint density at radius 1 is 1.06 bits per heavy atom. The number of piperazine rings is 1. The molecular weight excluding hydrogens is 501 g/mol. The SMILES string of the molecule is C[C@@H]1CN(c2ccc(F)cc2C(F)(F)F)CCN1S(=O)(=O)c1ccc([C@@](C)(O)C(F)(F)F)s1. The molecule has 0 radical (unpaired) electrons. The van der Waals surface area contributed by atoms with Gasteiger partial charge in [-0.05, 0) is 44.2 Å². The minimum atomic E-state index is -5.02. The van der Waals surface area contributed by atoms with Gasteiger partial charge >= 0.3 is 12.4 Å². The molecule has 3 rings (SSSR count). The number of alkyl halides is 6. The molecule has 0 unspecified atom stereocenters. The minimum Gasteiger partial charge on any atom is -0.376 e. The van der Waals surface area contributed by atoms with Crippen LogP contribution in [-0.2, 0) is 21.8 Å². The van der Waals surface area contributed by atoms with E-state index in [1.807, 2.05) is 0 Å². The molecule has 5 nitrogen and oxygen atoms in total. The molecule has 1 aliphatic rings. The first-order chi connectivity index (χ1) is 15.0. The number of rotatable bonds is 4. The molecule has 2 heterocycles. The highest BCUT2D eigenvalue weighted by atomic mass is 32.2. The van der Waals surface area contributed by atoms with Gasteiger partial charge in [0.05, 0.1) is 5.56 Å². The number of hydrogen-bond acceptors (Lipinski definition) is 5. The summed E-state index contributed by atoms with van der Waals surface area (Å²) in [6, 6.07) is 3.19. The molecule has 2 atom stereocenters. The maximum absolute atomic E-state index is 13.4. The lowest BCUT2D eigenvalue weighted by Gasteiger charge is -2.40. The zero-order chi connectivity index (χ0) is 25.0. The summed E-state index contributed by atoms with van der Waals surface area (Å²) in [4.78, 5) is 0.675. The molecule has 1 aromatic heterocycles. The zero-order valence-electron chi connectivity index (χ0n) is 17.2. The first-order valence-corrected chi connectivity index (χ1v) is 11.7. The van der Waals surface area contributed by atoms with Crippen LogP contribution in [0.4, 0.5) is 36.4 Å². The first kappa shape index (κ1) is 25.7. The Morgan fingerprint density at radius 3 is 2.24 bits per heavy atom. The van der Waals surface area contributed by atoms with E-state index < -0.39 is 54.5 Å². The van der Waals surface area contributed by atoms with E-state index in [9.17, 15) is 44.3 Å². The van der Waals surface area contributed by atoms with Crippen molar-refractivity contribution < 1.29 is 44.3 Å². The number of halogens is 7. The Bertz CT molecular complexity index is 1130. The second-order valence-corrected chi connectivity index (χ2v) is 11.0. The van der Waals surface area contributed by atoms with E-state index in [4.69, 9.17) is 0 Å². The summed E-state index contributed by atoms with van der Waals surface area (Å²) in [5.41, 5.74) is -4.73. The van der Waals surface area contributed by atoms with Crippen LogP contribution in [0, 0.1) is 5.82 Å². The monoisotopic (exact) mass is 520 g/mol. The van der Waals surface area contributed by atoms with Crippen molar-refractivity contribution in [3.63, 3.8) is 0 Å². The highest BCUT2D eigenvalue weighted by molar-refractivity contribution is 7.91. The molecule has 1 aliphatic heterocycles. The van der Waals surface area contributed by atoms with Crippen molar-refractivity contribution in [1.82, 2.24) is 4.31 Å². The number of benzene rings is 1. The summed E-state index contributed by atoms with van der Waals surface area (Å²) in [5.74, 6) is -1.07. The molecular formula is C19H19F7N2O3S2. The Kier molecular flexibility index (Phi) is 6.54. The van der Waals surface area contributed by atoms with Crippen molar-refractivity contribution in [1.29, 1.82) is 0 Å². The third kappa shape index (κ3) is 4.84. The Labute approximate surface area is 189 Å². The van der Waals surface area contributed by atoms with Gasteiger partial charge in [-0.3, -0.25) is 0 Å². The van der Waals surface area contributed by atoms with Gasteiger partial charge in [-0.2, -0.15) is 30.6 Å². The Morgan fingerprint density at radius 2 is 1.70 bits per heavy atom. The fraction of sp³-hybridized carbons (Fsp3) is 0.474. The van der Waals surface area contributed by atoms with Crippen LogP contribution in [0.15, 0.2) is 34.5 Å². The van der Waals surface area contributed by atoms with E-state index >= 15 is 0 Å². The smallest absolute Gasteiger partial charge is 0.376 e. The van der Waals surface area contributed by atoms with Crippen molar-refractivity contribution >= 4 is 27.0 Å². The van der Waals surface area contributed by atoms with Crippen LogP contribution in [0.1, 0.15) is 24.3 Å². The van der Waals surface area contributed by atoms with Gasteiger partial charge in [-0.15, -0.1) is 11.3 Å². The van der Waals surface area contributed by atoms with Crippen LogP contribution < -0.4 is 4.90 Å². The lowest BCUT2D eigenvalue weighted by atomic mass is 10.1. The molecule has 0 spiro atoms. The van der Waals surface area contributed by atoms with Gasteiger partial charge in [-0.1, -0.05) is 0 Å². The van der Waals surface area contributed by atoms with Crippen molar-refractivity contribution in [2.75, 3.05) is 24.5 Å². The number of aliphatic hydroxyl groups is 1. The summed E-state index contributed by atoms with van der Waals surface area (Å²) < 4.78 is 119. The van der Waals surface area contributed by atoms with Crippen LogP contribution in [-0.4, -0.2) is 49.7 Å². The van der Waals surface area contributed by atoms with Gasteiger partial charge in [0.1, 0.15) is 10.0 Å². The van der Waals surface area contributed by atoms with Gasteiger partial charge in [0.2, 0.25) is 0 Å². The van der Waals surface area contributed by atoms with Crippen LogP contribution in [0.2, 0.25) is 0 Å². The average Bonchev–Trinajstić information content (AvgIpc) is 3.18. The predicted molar refractivity (Wildman–Crippen MR) is 107 cm³/mol. The van der Waals surface area contributed by atoms with Gasteiger partial charge in [0.25, 0.3) is 10.0 Å². The summed E-state index contributed by atoms with van der Waals surface area (Å²) in [7, 11) is -4.28. The van der Waals surface area contributed by atoms with E-state index in [-0.39, 0.29) is 36.7 Å². The maximum atomic E-state index is 13.4. The summed E-state index contributed by atoms with van der Waals surface area (Å²) >= 11 is 0.270. The normalized spacial score (nSPS) is 20.7. The number of sulfonamides is 1. The van der Waals surface area contributed by atoms with Gasteiger partial charge in [0, 0.05) is 36.2 Å². The topological polar surface area (TPSA) is 60.9 Å². The molecule has 33 heavy (non-hydrogen) atoms. The van der Waals surface area contributed by atoms with Crippen molar-refractivity contribution in [3.05, 3.63) is 46.6 Å². The standard InChI is InChI=1S/C19H19F7N2O3S2/c1-11-10-27(14-4-3-12(20)9-13(14)18(21,22)23)7-8-28(11)33(30,31)16-6-5-15(32-16)17(2,29)19(24,25)26/h3-6,9,11,29H,7-8,10H2,1-2H3/t11-,17-/m1/s1. The average molecular weight is 520 g/mol. The van der Waals surface area contributed by atoms with Gasteiger partial charge in [-0.25, -0.2) is 12.8 Å². The lowest BCUT2D eigenvalue weighted by Crippen LogP contribution is -2.54. The lowest BCUT2D eigenvalue weighted by molar-refractivity contribution is -0.257. The molecule has 0 saturated carbocycles. The van der Waals surface area contributed by atoms with Crippen LogP contribution in [0.25, 0.3) is 0 Å². The molecule has 1 N–H and O–H groups in total. The van der Waals surface area contributed by atoms with Gasteiger partial charge in [0.15, 0.2) is 5.60 Å². The summed E-state index contributed by atoms with van der Waals surface area (Å²) in [6.45, 7) is 1.39. The van der Waals surface area contributed by atoms with Crippen LogP contribution in [0.5, 0.6) is 0 Å². The molecule has 1 fully saturated rings. The molecule has 2 aromatic rings. The molecule has 14 heteroatoms. The Balaban J connectivity index is 1.85. The molecule has 0 aliphatic carbocycles. The van der Waals surface area contributed by atoms with Crippen molar-refractivity contribution in [3.8, 4) is 0 Å². The highest BCUT2D eigenvalue weighted by Crippen LogP contribution is 2.43. The fourth-order valence-corrected chi connectivity index (χ4v) is 6.62.